The van der Waals surface area contributed by atoms with Crippen molar-refractivity contribution >= 4 is 5.91 Å². The highest BCUT2D eigenvalue weighted by Crippen LogP contribution is 2.30. The van der Waals surface area contributed by atoms with Gasteiger partial charge >= 0.3 is 0 Å². The van der Waals surface area contributed by atoms with Crippen molar-refractivity contribution < 1.29 is 4.79 Å². The summed E-state index contributed by atoms with van der Waals surface area (Å²) < 4.78 is 0. The van der Waals surface area contributed by atoms with Crippen LogP contribution in [0, 0.1) is 5.41 Å². The number of carbonyl (C=O) groups excluding carboxylic acids is 1. The Kier molecular flexibility index (Phi) is 3.29. The molecule has 0 aromatic rings. The third-order valence-corrected chi connectivity index (χ3v) is 4.09. The number of nitrogens with one attached hydrogen (secondary N) is 2. The van der Waals surface area contributed by atoms with Crippen LogP contribution in [0.1, 0.15) is 45.4 Å². The molecule has 86 valence electrons. The standard InChI is InChI=1S/C12H22N2O/c1-2-12(7-8-13-9-12)11(15)14-10-5-3-4-6-10/h10,13H,2-9H2,1H3,(H,14,15). The van der Waals surface area contributed by atoms with Gasteiger partial charge in [0.05, 0.1) is 5.41 Å². The first-order valence-corrected chi connectivity index (χ1v) is 6.28. The van der Waals surface area contributed by atoms with Crippen LogP contribution in [0.3, 0.4) is 0 Å². The third kappa shape index (κ3) is 2.17. The van der Waals surface area contributed by atoms with E-state index in [4.69, 9.17) is 0 Å². The predicted octanol–water partition coefficient (Wildman–Crippen LogP) is 1.43. The lowest BCUT2D eigenvalue weighted by molar-refractivity contribution is -0.131. The van der Waals surface area contributed by atoms with Gasteiger partial charge in [-0.15, -0.1) is 0 Å². The van der Waals surface area contributed by atoms with E-state index in [9.17, 15) is 4.79 Å². The average Bonchev–Trinajstić information content (AvgIpc) is 2.87. The fourth-order valence-electron chi connectivity index (χ4n) is 2.81. The first-order chi connectivity index (χ1) is 7.27. The van der Waals surface area contributed by atoms with Crippen LogP contribution in [0.15, 0.2) is 0 Å². The monoisotopic (exact) mass is 210 g/mol. The molecule has 1 aliphatic heterocycles. The Morgan fingerprint density at radius 1 is 1.47 bits per heavy atom. The Balaban J connectivity index is 1.92. The Labute approximate surface area is 92.0 Å². The highest BCUT2D eigenvalue weighted by atomic mass is 16.2. The first kappa shape index (κ1) is 10.9. The minimum atomic E-state index is -0.109. The molecule has 0 aromatic heterocycles. The van der Waals surface area contributed by atoms with Gasteiger partial charge in [0, 0.05) is 12.6 Å². The quantitative estimate of drug-likeness (QED) is 0.740. The topological polar surface area (TPSA) is 41.1 Å². The minimum Gasteiger partial charge on any atom is -0.353 e. The summed E-state index contributed by atoms with van der Waals surface area (Å²) in [5, 5.41) is 6.54. The molecular weight excluding hydrogens is 188 g/mol. The molecule has 1 heterocycles. The lowest BCUT2D eigenvalue weighted by Crippen LogP contribution is -2.45. The predicted molar refractivity (Wildman–Crippen MR) is 60.6 cm³/mol. The molecule has 1 saturated heterocycles. The zero-order valence-electron chi connectivity index (χ0n) is 9.64. The van der Waals surface area contributed by atoms with Gasteiger partial charge in [-0.2, -0.15) is 0 Å². The molecule has 1 atom stereocenters. The Hall–Kier alpha value is -0.570. The highest BCUT2D eigenvalue weighted by molar-refractivity contribution is 5.83. The van der Waals surface area contributed by atoms with E-state index in [-0.39, 0.29) is 5.41 Å². The first-order valence-electron chi connectivity index (χ1n) is 6.28. The van der Waals surface area contributed by atoms with Crippen LogP contribution in [-0.2, 0) is 4.79 Å². The van der Waals surface area contributed by atoms with Crippen LogP contribution in [0.25, 0.3) is 0 Å². The van der Waals surface area contributed by atoms with E-state index in [0.29, 0.717) is 11.9 Å². The lowest BCUT2D eigenvalue weighted by Gasteiger charge is -2.27. The van der Waals surface area contributed by atoms with Crippen molar-refractivity contribution in [3.05, 3.63) is 0 Å². The summed E-state index contributed by atoms with van der Waals surface area (Å²) in [6.07, 6.45) is 6.88. The van der Waals surface area contributed by atoms with Gasteiger partial charge in [0.2, 0.25) is 5.91 Å². The molecule has 2 N–H and O–H groups in total. The van der Waals surface area contributed by atoms with Gasteiger partial charge in [0.1, 0.15) is 0 Å². The fourth-order valence-corrected chi connectivity index (χ4v) is 2.81. The maximum atomic E-state index is 12.2. The second-order valence-corrected chi connectivity index (χ2v) is 5.02. The van der Waals surface area contributed by atoms with Crippen LogP contribution < -0.4 is 10.6 Å². The molecule has 0 spiro atoms. The van der Waals surface area contributed by atoms with Gasteiger partial charge in [0.15, 0.2) is 0 Å². The van der Waals surface area contributed by atoms with Crippen molar-refractivity contribution in [1.29, 1.82) is 0 Å². The van der Waals surface area contributed by atoms with Gasteiger partial charge in [-0.1, -0.05) is 19.8 Å². The van der Waals surface area contributed by atoms with Crippen LogP contribution in [0.2, 0.25) is 0 Å². The molecule has 3 heteroatoms. The zero-order chi connectivity index (χ0) is 10.7. The molecule has 2 aliphatic rings. The molecule has 15 heavy (non-hydrogen) atoms. The maximum absolute atomic E-state index is 12.2. The summed E-state index contributed by atoms with van der Waals surface area (Å²) in [4.78, 5) is 12.2. The number of hydrogen-bond acceptors (Lipinski definition) is 2. The van der Waals surface area contributed by atoms with Crippen LogP contribution >= 0.6 is 0 Å². The van der Waals surface area contributed by atoms with E-state index in [1.54, 1.807) is 0 Å². The summed E-state index contributed by atoms with van der Waals surface area (Å²) in [5.74, 6) is 0.293. The van der Waals surface area contributed by atoms with Crippen molar-refractivity contribution in [2.75, 3.05) is 13.1 Å². The third-order valence-electron chi connectivity index (χ3n) is 4.09. The molecule has 2 rings (SSSR count). The van der Waals surface area contributed by atoms with Crippen LogP contribution in [0.4, 0.5) is 0 Å². The number of carbonyl (C=O) groups is 1. The van der Waals surface area contributed by atoms with Crippen molar-refractivity contribution in [2.45, 2.75) is 51.5 Å². The van der Waals surface area contributed by atoms with Crippen LogP contribution in [0.5, 0.6) is 0 Å². The van der Waals surface area contributed by atoms with Crippen LogP contribution in [-0.4, -0.2) is 25.0 Å². The van der Waals surface area contributed by atoms with Gasteiger partial charge in [-0.05, 0) is 32.2 Å². The molecule has 1 amide bonds. The van der Waals surface area contributed by atoms with Gasteiger partial charge < -0.3 is 10.6 Å². The fraction of sp³-hybridized carbons (Fsp3) is 0.917. The molecule has 2 fully saturated rings. The summed E-state index contributed by atoms with van der Waals surface area (Å²) in [5.41, 5.74) is -0.109. The second kappa shape index (κ2) is 4.52. The summed E-state index contributed by atoms with van der Waals surface area (Å²) in [6, 6.07) is 0.460. The molecule has 0 radical (unpaired) electrons. The van der Waals surface area contributed by atoms with Crippen molar-refractivity contribution in [3.8, 4) is 0 Å². The zero-order valence-corrected chi connectivity index (χ0v) is 9.64. The van der Waals surface area contributed by atoms with Gasteiger partial charge in [0.25, 0.3) is 0 Å². The minimum absolute atomic E-state index is 0.109. The summed E-state index contributed by atoms with van der Waals surface area (Å²) >= 11 is 0. The normalized spacial score (nSPS) is 32.1. The second-order valence-electron chi connectivity index (χ2n) is 5.02. The molecular formula is C12H22N2O. The smallest absolute Gasteiger partial charge is 0.227 e. The van der Waals surface area contributed by atoms with E-state index < -0.39 is 0 Å². The van der Waals surface area contributed by atoms with E-state index in [2.05, 4.69) is 17.6 Å². The number of hydrogen-bond donors (Lipinski definition) is 2. The largest absolute Gasteiger partial charge is 0.353 e. The van der Waals surface area contributed by atoms with E-state index in [1.165, 1.54) is 25.7 Å². The van der Waals surface area contributed by atoms with Crippen molar-refractivity contribution in [3.63, 3.8) is 0 Å². The summed E-state index contributed by atoms with van der Waals surface area (Å²) in [7, 11) is 0. The number of rotatable bonds is 3. The maximum Gasteiger partial charge on any atom is 0.227 e. The Morgan fingerprint density at radius 2 is 2.20 bits per heavy atom. The van der Waals surface area contributed by atoms with E-state index in [1.807, 2.05) is 0 Å². The lowest BCUT2D eigenvalue weighted by atomic mass is 9.83. The van der Waals surface area contributed by atoms with Gasteiger partial charge in [-0.3, -0.25) is 4.79 Å². The van der Waals surface area contributed by atoms with Gasteiger partial charge in [-0.25, -0.2) is 0 Å². The van der Waals surface area contributed by atoms with Crippen molar-refractivity contribution in [1.82, 2.24) is 10.6 Å². The summed E-state index contributed by atoms with van der Waals surface area (Å²) in [6.45, 7) is 3.98. The van der Waals surface area contributed by atoms with E-state index in [0.717, 1.165) is 25.9 Å². The Morgan fingerprint density at radius 3 is 2.73 bits per heavy atom. The SMILES string of the molecule is CCC1(C(=O)NC2CCCC2)CCNC1. The van der Waals surface area contributed by atoms with E-state index >= 15 is 0 Å². The Bertz CT molecular complexity index is 228. The molecule has 0 aromatic carbocycles. The average molecular weight is 210 g/mol. The molecule has 1 unspecified atom stereocenters. The molecule has 3 nitrogen and oxygen atoms in total. The molecule has 0 bridgehead atoms. The molecule has 1 saturated carbocycles. The van der Waals surface area contributed by atoms with Crippen molar-refractivity contribution in [2.24, 2.45) is 5.41 Å². The molecule has 1 aliphatic carbocycles. The highest BCUT2D eigenvalue weighted by Gasteiger charge is 2.40. The number of amides is 1.